The second kappa shape index (κ2) is 7.33. The Morgan fingerprint density at radius 3 is 2.77 bits per heavy atom. The third-order valence-electron chi connectivity index (χ3n) is 5.53. The maximum atomic E-state index is 13.7. The van der Waals surface area contributed by atoms with Gasteiger partial charge in [-0.25, -0.2) is 18.4 Å². The first-order valence-electron chi connectivity index (χ1n) is 9.81. The number of pyridine rings is 1. The zero-order chi connectivity index (χ0) is 20.7. The molecule has 152 valence electrons. The Hall–Kier alpha value is -3.61. The summed E-state index contributed by atoms with van der Waals surface area (Å²) in [5.41, 5.74) is 0.991. The minimum atomic E-state index is -2.71. The summed E-state index contributed by atoms with van der Waals surface area (Å²) in [5.74, 6) is 0.438. The maximum absolute atomic E-state index is 13.7. The van der Waals surface area contributed by atoms with E-state index in [9.17, 15) is 8.78 Å². The van der Waals surface area contributed by atoms with Crippen LogP contribution in [0.4, 0.5) is 8.78 Å². The third-order valence-corrected chi connectivity index (χ3v) is 5.53. The SMILES string of the molecule is N#Cc1cnc2c(ccn2-c2cn(-c3cn(C4CCCCC4)nc3C(F)F)nn2)c1. The highest BCUT2D eigenvalue weighted by Crippen LogP contribution is 2.31. The number of rotatable bonds is 4. The van der Waals surface area contributed by atoms with E-state index in [1.54, 1.807) is 33.9 Å². The molecule has 4 aromatic heterocycles. The number of hydrogen-bond donors (Lipinski definition) is 0. The van der Waals surface area contributed by atoms with Gasteiger partial charge in [-0.05, 0) is 25.0 Å². The highest BCUT2D eigenvalue weighted by molar-refractivity contribution is 5.78. The van der Waals surface area contributed by atoms with Gasteiger partial charge < -0.3 is 0 Å². The molecule has 1 aliphatic rings. The highest BCUT2D eigenvalue weighted by Gasteiger charge is 2.25. The summed E-state index contributed by atoms with van der Waals surface area (Å²) >= 11 is 0. The number of aromatic nitrogens is 7. The van der Waals surface area contributed by atoms with Gasteiger partial charge in [-0.1, -0.05) is 24.5 Å². The Balaban J connectivity index is 1.52. The van der Waals surface area contributed by atoms with Crippen LogP contribution in [0, 0.1) is 11.3 Å². The highest BCUT2D eigenvalue weighted by atomic mass is 19.3. The van der Waals surface area contributed by atoms with Crippen LogP contribution in [0.2, 0.25) is 0 Å². The summed E-state index contributed by atoms with van der Waals surface area (Å²) in [6.07, 6.45) is 8.96. The van der Waals surface area contributed by atoms with Crippen LogP contribution >= 0.6 is 0 Å². The fourth-order valence-corrected chi connectivity index (χ4v) is 4.01. The molecule has 0 aliphatic heterocycles. The molecule has 0 radical (unpaired) electrons. The van der Waals surface area contributed by atoms with E-state index in [1.807, 2.05) is 6.07 Å². The first-order valence-corrected chi connectivity index (χ1v) is 9.81. The maximum Gasteiger partial charge on any atom is 0.284 e. The summed E-state index contributed by atoms with van der Waals surface area (Å²) in [6, 6.07) is 5.74. The lowest BCUT2D eigenvalue weighted by Crippen LogP contribution is -2.13. The molecular formula is C20H18F2N8. The van der Waals surface area contributed by atoms with Crippen LogP contribution in [0.15, 0.2) is 36.9 Å². The average Bonchev–Trinajstić information content (AvgIpc) is 3.50. The Morgan fingerprint density at radius 1 is 1.17 bits per heavy atom. The smallest absolute Gasteiger partial charge is 0.283 e. The van der Waals surface area contributed by atoms with E-state index in [0.717, 1.165) is 31.1 Å². The summed E-state index contributed by atoms with van der Waals surface area (Å²) in [7, 11) is 0. The van der Waals surface area contributed by atoms with E-state index in [0.29, 0.717) is 17.0 Å². The topological polar surface area (TPSA) is 90.1 Å². The molecule has 0 bridgehead atoms. The molecule has 10 heteroatoms. The first kappa shape index (κ1) is 18.4. The molecule has 1 aliphatic carbocycles. The van der Waals surface area contributed by atoms with E-state index in [2.05, 4.69) is 26.5 Å². The summed E-state index contributed by atoms with van der Waals surface area (Å²) in [6.45, 7) is 0. The Bertz CT molecular complexity index is 1240. The van der Waals surface area contributed by atoms with Crippen molar-refractivity contribution in [3.63, 3.8) is 0 Å². The summed E-state index contributed by atoms with van der Waals surface area (Å²) in [5, 5.41) is 22.2. The van der Waals surface area contributed by atoms with E-state index in [4.69, 9.17) is 5.26 Å². The van der Waals surface area contributed by atoms with Gasteiger partial charge in [0, 0.05) is 17.8 Å². The van der Waals surface area contributed by atoms with Crippen LogP contribution in [0.25, 0.3) is 22.5 Å². The first-order chi connectivity index (χ1) is 14.6. The molecule has 0 unspecified atom stereocenters. The number of nitriles is 1. The Labute approximate surface area is 170 Å². The van der Waals surface area contributed by atoms with E-state index < -0.39 is 6.43 Å². The second-order valence-electron chi connectivity index (χ2n) is 7.43. The number of hydrogen-bond acceptors (Lipinski definition) is 5. The lowest BCUT2D eigenvalue weighted by Gasteiger charge is -2.21. The summed E-state index contributed by atoms with van der Waals surface area (Å²) < 4.78 is 32.0. The molecule has 8 nitrogen and oxygen atoms in total. The van der Waals surface area contributed by atoms with E-state index in [-0.39, 0.29) is 17.4 Å². The van der Waals surface area contributed by atoms with Gasteiger partial charge in [0.2, 0.25) is 0 Å². The van der Waals surface area contributed by atoms with Crippen LogP contribution in [-0.2, 0) is 0 Å². The van der Waals surface area contributed by atoms with Crippen molar-refractivity contribution < 1.29 is 8.78 Å². The van der Waals surface area contributed by atoms with Gasteiger partial charge >= 0.3 is 0 Å². The molecule has 1 saturated carbocycles. The molecule has 4 aromatic rings. The van der Waals surface area contributed by atoms with Crippen LogP contribution in [-0.4, -0.2) is 34.3 Å². The molecule has 4 heterocycles. The minimum absolute atomic E-state index is 0.139. The van der Waals surface area contributed by atoms with Crippen molar-refractivity contribution in [2.75, 3.05) is 0 Å². The summed E-state index contributed by atoms with van der Waals surface area (Å²) in [4.78, 5) is 4.31. The standard InChI is InChI=1S/C20H18F2N8/c21-19(22)18-16(11-29(26-18)15-4-2-1-3-5-15)30-12-17(25-27-30)28-7-6-14-8-13(9-23)10-24-20(14)28/h6-8,10-12,15,19H,1-5H2. The molecule has 0 spiro atoms. The molecule has 0 N–H and O–H groups in total. The molecule has 0 saturated heterocycles. The number of fused-ring (bicyclic) bond motifs is 1. The number of alkyl halides is 2. The Morgan fingerprint density at radius 2 is 2.00 bits per heavy atom. The van der Waals surface area contributed by atoms with Crippen LogP contribution in [0.1, 0.15) is 55.8 Å². The fourth-order valence-electron chi connectivity index (χ4n) is 4.01. The van der Waals surface area contributed by atoms with Crippen molar-refractivity contribution in [1.82, 2.24) is 34.3 Å². The fraction of sp³-hybridized carbons (Fsp3) is 0.350. The van der Waals surface area contributed by atoms with Gasteiger partial charge in [0.1, 0.15) is 17.4 Å². The van der Waals surface area contributed by atoms with Gasteiger partial charge in [-0.2, -0.15) is 10.4 Å². The van der Waals surface area contributed by atoms with Crippen molar-refractivity contribution in [3.8, 4) is 17.6 Å². The normalized spacial score (nSPS) is 15.1. The molecular weight excluding hydrogens is 390 g/mol. The lowest BCUT2D eigenvalue weighted by atomic mass is 9.96. The van der Waals surface area contributed by atoms with Crippen LogP contribution < -0.4 is 0 Å². The number of nitrogens with zero attached hydrogens (tertiary/aromatic N) is 8. The molecule has 30 heavy (non-hydrogen) atoms. The largest absolute Gasteiger partial charge is 0.284 e. The van der Waals surface area contributed by atoms with Crippen molar-refractivity contribution in [3.05, 3.63) is 48.2 Å². The zero-order valence-corrected chi connectivity index (χ0v) is 16.0. The monoisotopic (exact) mass is 408 g/mol. The van der Waals surface area contributed by atoms with Crippen LogP contribution in [0.5, 0.6) is 0 Å². The second-order valence-corrected chi connectivity index (χ2v) is 7.43. The van der Waals surface area contributed by atoms with Gasteiger partial charge in [0.25, 0.3) is 6.43 Å². The molecule has 0 amide bonds. The number of halogens is 2. The minimum Gasteiger partial charge on any atom is -0.283 e. The van der Waals surface area contributed by atoms with Crippen molar-refractivity contribution >= 4 is 11.0 Å². The van der Waals surface area contributed by atoms with Crippen molar-refractivity contribution in [2.24, 2.45) is 0 Å². The van der Waals surface area contributed by atoms with Crippen LogP contribution in [0.3, 0.4) is 0 Å². The molecule has 5 rings (SSSR count). The zero-order valence-electron chi connectivity index (χ0n) is 16.0. The predicted octanol–water partition coefficient (Wildman–Crippen LogP) is 4.12. The van der Waals surface area contributed by atoms with Gasteiger partial charge in [0.05, 0.1) is 24.0 Å². The van der Waals surface area contributed by atoms with Gasteiger partial charge in [-0.3, -0.25) is 9.25 Å². The van der Waals surface area contributed by atoms with Crippen molar-refractivity contribution in [2.45, 2.75) is 44.6 Å². The lowest BCUT2D eigenvalue weighted by molar-refractivity contribution is 0.143. The van der Waals surface area contributed by atoms with E-state index in [1.165, 1.54) is 17.3 Å². The Kier molecular flexibility index (Phi) is 4.50. The van der Waals surface area contributed by atoms with Crippen molar-refractivity contribution in [1.29, 1.82) is 5.26 Å². The molecule has 0 aromatic carbocycles. The van der Waals surface area contributed by atoms with E-state index >= 15 is 0 Å². The van der Waals surface area contributed by atoms with Gasteiger partial charge in [-0.15, -0.1) is 5.10 Å². The molecule has 1 fully saturated rings. The molecule has 0 atom stereocenters. The average molecular weight is 408 g/mol. The predicted molar refractivity (Wildman–Crippen MR) is 104 cm³/mol. The quantitative estimate of drug-likeness (QED) is 0.507. The third kappa shape index (κ3) is 3.12. The van der Waals surface area contributed by atoms with Gasteiger partial charge in [0.15, 0.2) is 11.5 Å².